The number of likely N-dealkylation sites (N-methyl/N-ethyl adjacent to an activating group) is 1. The van der Waals surface area contributed by atoms with Gasteiger partial charge in [0.1, 0.15) is 18.2 Å². The number of alkyl halides is 2. The van der Waals surface area contributed by atoms with E-state index >= 15 is 0 Å². The van der Waals surface area contributed by atoms with Gasteiger partial charge in [-0.3, -0.25) is 4.79 Å². The Bertz CT molecular complexity index is 2220. The van der Waals surface area contributed by atoms with Crippen molar-refractivity contribution in [1.29, 1.82) is 0 Å². The molecule has 1 atom stereocenters. The summed E-state index contributed by atoms with van der Waals surface area (Å²) in [6, 6.07) is 12.3. The third-order valence-corrected chi connectivity index (χ3v) is 11.2. The van der Waals surface area contributed by atoms with Gasteiger partial charge < -0.3 is 30.9 Å². The quantitative estimate of drug-likeness (QED) is 0.119. The van der Waals surface area contributed by atoms with E-state index in [-0.39, 0.29) is 39.3 Å². The molecule has 1 heterocycles. The molecule has 1 fully saturated rings. The lowest BCUT2D eigenvalue weighted by molar-refractivity contribution is -0.131. The van der Waals surface area contributed by atoms with Crippen molar-refractivity contribution < 1.29 is 46.5 Å². The molecular weight excluding hydrogens is 725 g/mol. The number of fused-ring (bicyclic) bond motifs is 1. The first kappa shape index (κ1) is 39.8. The summed E-state index contributed by atoms with van der Waals surface area (Å²) in [5.41, 5.74) is 6.21. The monoisotopic (exact) mass is 767 g/mol. The molecule has 0 aliphatic heterocycles. The molecule has 0 saturated heterocycles. The predicted octanol–water partition coefficient (Wildman–Crippen LogP) is 6.69. The van der Waals surface area contributed by atoms with E-state index in [0.717, 1.165) is 0 Å². The van der Waals surface area contributed by atoms with Crippen molar-refractivity contribution in [2.45, 2.75) is 81.7 Å². The minimum atomic E-state index is -3.66. The molecule has 13 nitrogen and oxygen atoms in total. The number of sulfone groups is 1. The third-order valence-electron chi connectivity index (χ3n) is 8.87. The molecule has 288 valence electrons. The second-order valence-electron chi connectivity index (χ2n) is 14.4. The number of hydrogen-bond donors (Lipinski definition) is 4. The Balaban J connectivity index is 1.56. The van der Waals surface area contributed by atoms with E-state index in [9.17, 15) is 41.8 Å². The molecule has 4 aromatic rings. The zero-order valence-electron chi connectivity index (χ0n) is 30.7. The summed E-state index contributed by atoms with van der Waals surface area (Å²) in [5.74, 6) is -4.30. The van der Waals surface area contributed by atoms with Crippen LogP contribution in [0.4, 0.5) is 35.6 Å². The van der Waals surface area contributed by atoms with Gasteiger partial charge in [-0.05, 0) is 118 Å². The van der Waals surface area contributed by atoms with Crippen LogP contribution in [0.25, 0.3) is 10.8 Å². The Kier molecular flexibility index (Phi) is 10.9. The van der Waals surface area contributed by atoms with Gasteiger partial charge in [-0.15, -0.1) is 0 Å². The number of benzene rings is 3. The number of aliphatic hydroxyl groups excluding tert-OH is 1. The van der Waals surface area contributed by atoms with E-state index in [0.29, 0.717) is 45.6 Å². The van der Waals surface area contributed by atoms with Crippen LogP contribution in [0.15, 0.2) is 65.7 Å². The normalized spacial score (nSPS) is 14.0. The fraction of sp³-hybridized carbons (Fsp3) is 0.368. The number of nitrogens with two attached hydrogens (primary N) is 1. The second kappa shape index (κ2) is 14.8. The summed E-state index contributed by atoms with van der Waals surface area (Å²) in [7, 11) is -2.18. The molecule has 3 aromatic carbocycles. The number of rotatable bonds is 11. The molecule has 16 heteroatoms. The minimum absolute atomic E-state index is 0.0753. The molecule has 1 aromatic heterocycles. The van der Waals surface area contributed by atoms with Gasteiger partial charge in [0.05, 0.1) is 10.1 Å². The number of pyridine rings is 1. The van der Waals surface area contributed by atoms with E-state index in [4.69, 9.17) is 10.5 Å². The first-order chi connectivity index (χ1) is 25.1. The summed E-state index contributed by atoms with van der Waals surface area (Å²) in [5, 5.41) is 22.7. The molecule has 0 radical (unpaired) electrons. The highest BCUT2D eigenvalue weighted by Crippen LogP contribution is 2.38. The fourth-order valence-electron chi connectivity index (χ4n) is 6.38. The largest absolute Gasteiger partial charge is 0.464 e. The summed E-state index contributed by atoms with van der Waals surface area (Å²) >= 11 is 0. The van der Waals surface area contributed by atoms with Crippen molar-refractivity contribution in [3.05, 3.63) is 88.6 Å². The lowest BCUT2D eigenvalue weighted by Gasteiger charge is -2.28. The second-order valence-corrected chi connectivity index (χ2v) is 16.6. The molecule has 1 unspecified atom stereocenters. The number of nitrogens with one attached hydrogen (secondary N) is 1. The average Bonchev–Trinajstić information content (AvgIpc) is 3.92. The number of carboxylic acid groups (broad SMARTS) is 1. The maximum Gasteiger partial charge on any atom is 0.425 e. The maximum atomic E-state index is 14.8. The van der Waals surface area contributed by atoms with Gasteiger partial charge in [0.25, 0.3) is 5.92 Å². The number of anilines is 3. The van der Waals surface area contributed by atoms with Gasteiger partial charge in [-0.1, -0.05) is 12.1 Å². The highest BCUT2D eigenvalue weighted by Gasteiger charge is 2.39. The topological polar surface area (TPSA) is 192 Å². The molecule has 1 saturated carbocycles. The summed E-state index contributed by atoms with van der Waals surface area (Å²) < 4.78 is 61.5. The van der Waals surface area contributed by atoms with E-state index < -0.39 is 57.4 Å². The number of carbonyl (C=O) groups is 3. The molecular formula is C38H43F2N5O8S. The molecule has 5 N–H and O–H groups in total. The van der Waals surface area contributed by atoms with E-state index in [2.05, 4.69) is 10.3 Å². The number of imide groups is 1. The van der Waals surface area contributed by atoms with Crippen LogP contribution in [0.2, 0.25) is 0 Å². The number of carbonyl (C=O) groups excluding carboxylic acids is 2. The van der Waals surface area contributed by atoms with Gasteiger partial charge in [-0.2, -0.15) is 13.7 Å². The highest BCUT2D eigenvalue weighted by molar-refractivity contribution is 7.92. The van der Waals surface area contributed by atoms with Gasteiger partial charge in [-0.25, -0.2) is 23.0 Å². The van der Waals surface area contributed by atoms with Crippen LogP contribution < -0.4 is 16.0 Å². The Morgan fingerprint density at radius 3 is 2.26 bits per heavy atom. The Morgan fingerprint density at radius 1 is 1.04 bits per heavy atom. The van der Waals surface area contributed by atoms with Crippen molar-refractivity contribution in [2.75, 3.05) is 29.6 Å². The van der Waals surface area contributed by atoms with Crippen molar-refractivity contribution in [3.8, 4) is 0 Å². The zero-order valence-corrected chi connectivity index (χ0v) is 31.5. The highest BCUT2D eigenvalue weighted by atomic mass is 32.2. The molecule has 1 aliphatic rings. The summed E-state index contributed by atoms with van der Waals surface area (Å²) in [6.45, 7) is 6.11. The number of ether oxygens (including phenoxy) is 1. The van der Waals surface area contributed by atoms with Crippen molar-refractivity contribution in [3.63, 3.8) is 0 Å². The van der Waals surface area contributed by atoms with Crippen LogP contribution in [0.5, 0.6) is 0 Å². The van der Waals surface area contributed by atoms with Crippen LogP contribution in [0.3, 0.4) is 0 Å². The Hall–Kier alpha value is -5.35. The van der Waals surface area contributed by atoms with Gasteiger partial charge in [0.2, 0.25) is 5.91 Å². The predicted molar refractivity (Wildman–Crippen MR) is 199 cm³/mol. The number of aryl methyl sites for hydroxylation is 2. The molecule has 54 heavy (non-hydrogen) atoms. The van der Waals surface area contributed by atoms with Crippen molar-refractivity contribution >= 4 is 55.9 Å². The van der Waals surface area contributed by atoms with E-state index in [1.165, 1.54) is 74.5 Å². The first-order valence-electron chi connectivity index (χ1n) is 17.0. The fourth-order valence-corrected chi connectivity index (χ4v) is 8.24. The van der Waals surface area contributed by atoms with Crippen molar-refractivity contribution in [2.24, 2.45) is 0 Å². The Morgan fingerprint density at radius 2 is 1.69 bits per heavy atom. The number of aromatic nitrogens is 1. The number of hydrogen-bond acceptors (Lipinski definition) is 10. The lowest BCUT2D eigenvalue weighted by atomic mass is 9.91. The standard InChI is InChI=1S/C38H43F2N5O8S/c1-21-15-24(16-22(2)31(21)38(39,40)20-46)32(34(47)44(6)19-25-17-26(41)7-12-30(25)54(51,52)28-9-10-28)43-27-8-11-29-23(18-27)13-14-42-33(29)45(35(48)49)36(50)53-37(3,4)5/h7-8,11-18,28,32,43,46H,9-10,19-20,41H2,1-6H3,(H,48,49). The van der Waals surface area contributed by atoms with Crippen LogP contribution in [-0.2, 0) is 31.8 Å². The van der Waals surface area contributed by atoms with E-state index in [1.807, 2.05) is 0 Å². The molecule has 0 bridgehead atoms. The third kappa shape index (κ3) is 8.39. The minimum Gasteiger partial charge on any atom is -0.464 e. The molecule has 3 amide bonds. The SMILES string of the molecule is Cc1cc(C(Nc2ccc3c(N(C(=O)O)C(=O)OC(C)(C)C)nccc3c2)C(=O)N(C)Cc2cc(N)ccc2S(=O)(=O)C2CC2)cc(C)c1C(F)(F)CO. The number of nitrogens with zero attached hydrogens (tertiary/aromatic N) is 3. The number of amides is 3. The lowest BCUT2D eigenvalue weighted by Crippen LogP contribution is -2.40. The van der Waals surface area contributed by atoms with Crippen LogP contribution >= 0.6 is 0 Å². The first-order valence-corrected chi connectivity index (χ1v) is 18.6. The number of halogens is 2. The van der Waals surface area contributed by atoms with Crippen LogP contribution in [-0.4, -0.2) is 71.1 Å². The maximum absolute atomic E-state index is 14.8. The summed E-state index contributed by atoms with van der Waals surface area (Å²) in [4.78, 5) is 45.5. The molecule has 0 spiro atoms. The van der Waals surface area contributed by atoms with Gasteiger partial charge in [0, 0.05) is 42.1 Å². The number of nitrogen functional groups attached to an aromatic ring is 1. The summed E-state index contributed by atoms with van der Waals surface area (Å²) in [6.07, 6.45) is -0.385. The molecule has 5 rings (SSSR count). The van der Waals surface area contributed by atoms with Gasteiger partial charge in [0.15, 0.2) is 15.7 Å². The number of aliphatic hydroxyl groups is 1. The zero-order chi connectivity index (χ0) is 39.9. The van der Waals surface area contributed by atoms with Crippen LogP contribution in [0, 0.1) is 13.8 Å². The smallest absolute Gasteiger partial charge is 0.425 e. The average molecular weight is 768 g/mol. The van der Waals surface area contributed by atoms with Crippen molar-refractivity contribution in [1.82, 2.24) is 9.88 Å². The van der Waals surface area contributed by atoms with Crippen LogP contribution in [0.1, 0.15) is 67.5 Å². The van der Waals surface area contributed by atoms with Gasteiger partial charge >= 0.3 is 12.2 Å². The molecule has 1 aliphatic carbocycles. The Labute approximate surface area is 311 Å². The van der Waals surface area contributed by atoms with E-state index in [1.54, 1.807) is 32.9 Å².